The second kappa shape index (κ2) is 7.62. The lowest BCUT2D eigenvalue weighted by atomic mass is 10.1. The molecule has 0 saturated heterocycles. The Bertz CT molecular complexity index is 1130. The molecule has 27 heavy (non-hydrogen) atoms. The summed E-state index contributed by atoms with van der Waals surface area (Å²) >= 11 is 7.26. The molecule has 2 aromatic carbocycles. The minimum atomic E-state index is -0.612. The first-order valence-electron chi connectivity index (χ1n) is 8.01. The Morgan fingerprint density at radius 3 is 2.67 bits per heavy atom. The molecule has 3 rings (SSSR count). The molecule has 1 heterocycles. The van der Waals surface area contributed by atoms with E-state index in [0.29, 0.717) is 4.80 Å². The topological polar surface area (TPSA) is 60.7 Å². The van der Waals surface area contributed by atoms with Crippen molar-refractivity contribution < 1.29 is 18.7 Å². The average molecular weight is 407 g/mol. The zero-order chi connectivity index (χ0) is 19.7. The number of hydrogen-bond acceptors (Lipinski definition) is 4. The van der Waals surface area contributed by atoms with Crippen LogP contribution in [0.1, 0.15) is 21.5 Å². The van der Waals surface area contributed by atoms with Gasteiger partial charge in [0.1, 0.15) is 12.4 Å². The number of thiazole rings is 1. The van der Waals surface area contributed by atoms with Gasteiger partial charge in [-0.05, 0) is 49.2 Å². The summed E-state index contributed by atoms with van der Waals surface area (Å²) in [6.07, 6.45) is 0. The van der Waals surface area contributed by atoms with Gasteiger partial charge in [0.25, 0.3) is 5.91 Å². The lowest BCUT2D eigenvalue weighted by Crippen LogP contribution is -2.22. The monoisotopic (exact) mass is 406 g/mol. The van der Waals surface area contributed by atoms with Crippen molar-refractivity contribution in [1.82, 2.24) is 4.57 Å². The number of halogens is 2. The molecule has 0 aliphatic carbocycles. The maximum absolute atomic E-state index is 13.2. The van der Waals surface area contributed by atoms with Crippen molar-refractivity contribution in [3.05, 3.63) is 62.7 Å². The van der Waals surface area contributed by atoms with Gasteiger partial charge in [-0.15, -0.1) is 0 Å². The Morgan fingerprint density at radius 1 is 1.26 bits per heavy atom. The van der Waals surface area contributed by atoms with Crippen molar-refractivity contribution in [2.45, 2.75) is 20.4 Å². The second-order valence-corrected chi connectivity index (χ2v) is 7.40. The van der Waals surface area contributed by atoms with Gasteiger partial charge in [-0.3, -0.25) is 9.59 Å². The predicted molar refractivity (Wildman–Crippen MR) is 103 cm³/mol. The van der Waals surface area contributed by atoms with E-state index in [1.807, 2.05) is 26.0 Å². The molecule has 0 unspecified atom stereocenters. The molecular weight excluding hydrogens is 391 g/mol. The van der Waals surface area contributed by atoms with Crippen molar-refractivity contribution in [3.8, 4) is 0 Å². The molecule has 0 spiro atoms. The molecule has 1 aromatic heterocycles. The number of ether oxygens (including phenoxy) is 1. The van der Waals surface area contributed by atoms with Crippen LogP contribution >= 0.6 is 22.9 Å². The Morgan fingerprint density at radius 2 is 2.00 bits per heavy atom. The highest BCUT2D eigenvalue weighted by atomic mass is 35.5. The minimum absolute atomic E-state index is 0.0172. The molecular formula is C19H16ClFN2O3S. The van der Waals surface area contributed by atoms with Crippen LogP contribution in [0.2, 0.25) is 5.02 Å². The van der Waals surface area contributed by atoms with Gasteiger partial charge in [-0.25, -0.2) is 4.39 Å². The number of nitrogens with zero attached hydrogens (tertiary/aromatic N) is 2. The highest BCUT2D eigenvalue weighted by Gasteiger charge is 2.15. The van der Waals surface area contributed by atoms with Crippen molar-refractivity contribution in [3.63, 3.8) is 0 Å². The first-order chi connectivity index (χ1) is 12.8. The number of methoxy groups -OCH3 is 1. The SMILES string of the molecule is COC(=O)Cn1c(=NC(=O)c2ccc(F)cc2Cl)sc2c(C)cc(C)cc21. The maximum Gasteiger partial charge on any atom is 0.325 e. The first kappa shape index (κ1) is 19.3. The number of aromatic nitrogens is 1. The second-order valence-electron chi connectivity index (χ2n) is 6.02. The van der Waals surface area contributed by atoms with Crippen molar-refractivity contribution >= 4 is 45.0 Å². The summed E-state index contributed by atoms with van der Waals surface area (Å²) in [5, 5.41) is -0.0172. The number of hydrogen-bond donors (Lipinski definition) is 0. The standard InChI is InChI=1S/C19H16ClFN2O3S/c1-10-6-11(2)17-15(7-10)23(9-16(24)26-3)19(27-17)22-18(25)13-5-4-12(21)8-14(13)20/h4-8H,9H2,1-3H3. The predicted octanol–water partition coefficient (Wildman–Crippen LogP) is 4.03. The van der Waals surface area contributed by atoms with Gasteiger partial charge in [-0.2, -0.15) is 4.99 Å². The summed E-state index contributed by atoms with van der Waals surface area (Å²) < 4.78 is 20.5. The zero-order valence-electron chi connectivity index (χ0n) is 14.9. The molecule has 1 amide bonds. The molecule has 0 saturated carbocycles. The average Bonchev–Trinajstić information content (AvgIpc) is 2.92. The van der Waals surface area contributed by atoms with Gasteiger partial charge < -0.3 is 9.30 Å². The number of rotatable bonds is 3. The lowest BCUT2D eigenvalue weighted by Gasteiger charge is -2.05. The van der Waals surface area contributed by atoms with Crippen LogP contribution in [0.3, 0.4) is 0 Å². The fourth-order valence-electron chi connectivity index (χ4n) is 2.75. The van der Waals surface area contributed by atoms with Crippen LogP contribution in [-0.4, -0.2) is 23.6 Å². The quantitative estimate of drug-likeness (QED) is 0.617. The molecule has 140 valence electrons. The normalized spacial score (nSPS) is 11.8. The van der Waals surface area contributed by atoms with Crippen LogP contribution < -0.4 is 4.80 Å². The highest BCUT2D eigenvalue weighted by molar-refractivity contribution is 7.16. The van der Waals surface area contributed by atoms with Gasteiger partial charge in [-0.1, -0.05) is 29.0 Å². The van der Waals surface area contributed by atoms with Crippen molar-refractivity contribution in [2.24, 2.45) is 4.99 Å². The van der Waals surface area contributed by atoms with E-state index >= 15 is 0 Å². The highest BCUT2D eigenvalue weighted by Crippen LogP contribution is 2.24. The Labute approximate surface area is 163 Å². The van der Waals surface area contributed by atoms with Crippen molar-refractivity contribution in [1.29, 1.82) is 0 Å². The van der Waals surface area contributed by atoms with E-state index in [1.54, 1.807) is 4.57 Å². The summed E-state index contributed by atoms with van der Waals surface area (Å²) in [7, 11) is 1.30. The Kier molecular flexibility index (Phi) is 5.43. The number of aryl methyl sites for hydroxylation is 2. The zero-order valence-corrected chi connectivity index (χ0v) is 16.4. The molecule has 0 atom stereocenters. The van der Waals surface area contributed by atoms with Crippen LogP contribution in [0.4, 0.5) is 4.39 Å². The van der Waals surface area contributed by atoms with E-state index in [0.717, 1.165) is 33.5 Å². The smallest absolute Gasteiger partial charge is 0.325 e. The number of esters is 1. The van der Waals surface area contributed by atoms with Crippen LogP contribution in [-0.2, 0) is 16.1 Å². The van der Waals surface area contributed by atoms with Crippen LogP contribution in [0.25, 0.3) is 10.2 Å². The van der Waals surface area contributed by atoms with E-state index in [1.165, 1.54) is 24.5 Å². The third-order valence-corrected chi connectivity index (χ3v) is 5.53. The van der Waals surface area contributed by atoms with Gasteiger partial charge in [0.05, 0.1) is 27.9 Å². The van der Waals surface area contributed by atoms with E-state index in [-0.39, 0.29) is 17.1 Å². The number of benzene rings is 2. The maximum atomic E-state index is 13.2. The molecule has 8 heteroatoms. The number of amides is 1. The van der Waals surface area contributed by atoms with E-state index in [9.17, 15) is 14.0 Å². The van der Waals surface area contributed by atoms with Crippen molar-refractivity contribution in [2.75, 3.05) is 7.11 Å². The Balaban J connectivity index is 2.21. The molecule has 0 aliphatic heterocycles. The van der Waals surface area contributed by atoms with Gasteiger partial charge in [0.15, 0.2) is 4.80 Å². The molecule has 0 fully saturated rings. The third-order valence-electron chi connectivity index (χ3n) is 3.99. The summed E-state index contributed by atoms with van der Waals surface area (Å²) in [5.74, 6) is -1.60. The molecule has 3 aromatic rings. The largest absolute Gasteiger partial charge is 0.468 e. The van der Waals surface area contributed by atoms with Gasteiger partial charge in [0, 0.05) is 0 Å². The lowest BCUT2D eigenvalue weighted by molar-refractivity contribution is -0.141. The molecule has 5 nitrogen and oxygen atoms in total. The van der Waals surface area contributed by atoms with Crippen LogP contribution in [0.5, 0.6) is 0 Å². The fraction of sp³-hybridized carbons (Fsp3) is 0.211. The van der Waals surface area contributed by atoms with Gasteiger partial charge >= 0.3 is 5.97 Å². The number of fused-ring (bicyclic) bond motifs is 1. The summed E-state index contributed by atoms with van der Waals surface area (Å²) in [6, 6.07) is 7.44. The van der Waals surface area contributed by atoms with E-state index < -0.39 is 17.7 Å². The van der Waals surface area contributed by atoms with Gasteiger partial charge in [0.2, 0.25) is 0 Å². The van der Waals surface area contributed by atoms with E-state index in [4.69, 9.17) is 16.3 Å². The fourth-order valence-corrected chi connectivity index (χ4v) is 4.08. The van der Waals surface area contributed by atoms with Crippen LogP contribution in [0, 0.1) is 19.7 Å². The minimum Gasteiger partial charge on any atom is -0.468 e. The van der Waals surface area contributed by atoms with Crippen LogP contribution in [0.15, 0.2) is 35.3 Å². The molecule has 0 N–H and O–H groups in total. The Hall–Kier alpha value is -2.51. The third kappa shape index (κ3) is 3.94. The molecule has 0 aliphatic rings. The number of carbonyl (C=O) groups is 2. The number of carbonyl (C=O) groups excluding carboxylic acids is 2. The molecule has 0 bridgehead atoms. The summed E-state index contributed by atoms with van der Waals surface area (Å²) in [4.78, 5) is 28.9. The van der Waals surface area contributed by atoms with E-state index in [2.05, 4.69) is 4.99 Å². The summed E-state index contributed by atoms with van der Waals surface area (Å²) in [6.45, 7) is 3.83. The summed E-state index contributed by atoms with van der Waals surface area (Å²) in [5.41, 5.74) is 2.92. The first-order valence-corrected chi connectivity index (χ1v) is 9.21. The molecule has 0 radical (unpaired) electrons.